The summed E-state index contributed by atoms with van der Waals surface area (Å²) in [6.45, 7) is 7.60. The van der Waals surface area contributed by atoms with Crippen molar-refractivity contribution in [3.63, 3.8) is 0 Å². The number of likely N-dealkylation sites (tertiary alicyclic amines) is 2. The van der Waals surface area contributed by atoms with E-state index in [0.717, 1.165) is 24.0 Å². The van der Waals surface area contributed by atoms with Crippen molar-refractivity contribution < 1.29 is 0 Å². The SMILES string of the molecule is CC1CC(N2CCC(NCC3CC3)CC2)CCN1C. The lowest BCUT2D eigenvalue weighted by molar-refractivity contribution is 0.0676. The van der Waals surface area contributed by atoms with E-state index >= 15 is 0 Å². The van der Waals surface area contributed by atoms with Gasteiger partial charge in [-0.2, -0.15) is 0 Å². The molecule has 1 aliphatic carbocycles. The molecule has 3 rings (SSSR count). The van der Waals surface area contributed by atoms with Crippen LogP contribution < -0.4 is 5.32 Å². The molecule has 0 aromatic carbocycles. The van der Waals surface area contributed by atoms with Crippen LogP contribution in [0.2, 0.25) is 0 Å². The Morgan fingerprint density at radius 1 is 1.00 bits per heavy atom. The van der Waals surface area contributed by atoms with Gasteiger partial charge in [-0.1, -0.05) is 0 Å². The molecule has 3 nitrogen and oxygen atoms in total. The van der Waals surface area contributed by atoms with E-state index < -0.39 is 0 Å². The summed E-state index contributed by atoms with van der Waals surface area (Å²) in [6.07, 6.45) is 8.43. The van der Waals surface area contributed by atoms with Gasteiger partial charge in [-0.15, -0.1) is 0 Å². The van der Waals surface area contributed by atoms with Crippen LogP contribution in [0, 0.1) is 5.92 Å². The summed E-state index contributed by atoms with van der Waals surface area (Å²) >= 11 is 0. The van der Waals surface area contributed by atoms with Crippen molar-refractivity contribution in [3.8, 4) is 0 Å². The van der Waals surface area contributed by atoms with Crippen molar-refractivity contribution in [2.24, 2.45) is 5.92 Å². The molecule has 0 spiro atoms. The molecule has 3 fully saturated rings. The lowest BCUT2D eigenvalue weighted by atomic mass is 9.94. The van der Waals surface area contributed by atoms with Crippen LogP contribution in [0.25, 0.3) is 0 Å². The van der Waals surface area contributed by atoms with Gasteiger partial charge in [-0.3, -0.25) is 0 Å². The second kappa shape index (κ2) is 6.11. The molecular weight excluding hydrogens is 234 g/mol. The van der Waals surface area contributed by atoms with Crippen LogP contribution in [0.3, 0.4) is 0 Å². The van der Waals surface area contributed by atoms with Crippen LogP contribution in [0.1, 0.15) is 45.4 Å². The molecule has 19 heavy (non-hydrogen) atoms. The third kappa shape index (κ3) is 3.71. The zero-order chi connectivity index (χ0) is 13.2. The molecule has 2 atom stereocenters. The monoisotopic (exact) mass is 265 g/mol. The minimum atomic E-state index is 0.768. The molecule has 2 saturated heterocycles. The Hall–Kier alpha value is -0.120. The van der Waals surface area contributed by atoms with Gasteiger partial charge in [-0.05, 0) is 84.6 Å². The Morgan fingerprint density at radius 2 is 1.74 bits per heavy atom. The first-order chi connectivity index (χ1) is 9.22. The molecule has 0 radical (unpaired) electrons. The lowest BCUT2D eigenvalue weighted by Crippen LogP contribution is -2.52. The Morgan fingerprint density at radius 3 is 2.37 bits per heavy atom. The molecule has 110 valence electrons. The average molecular weight is 265 g/mol. The number of hydrogen-bond acceptors (Lipinski definition) is 3. The highest BCUT2D eigenvalue weighted by molar-refractivity contribution is 4.88. The summed E-state index contributed by atoms with van der Waals surface area (Å²) in [5.41, 5.74) is 0. The number of nitrogens with zero attached hydrogens (tertiary/aromatic N) is 2. The highest BCUT2D eigenvalue weighted by atomic mass is 15.2. The number of rotatable bonds is 4. The van der Waals surface area contributed by atoms with Crippen LogP contribution in [0.15, 0.2) is 0 Å². The Kier molecular flexibility index (Phi) is 4.45. The highest BCUT2D eigenvalue weighted by Gasteiger charge is 2.30. The van der Waals surface area contributed by atoms with Crippen molar-refractivity contribution in [1.29, 1.82) is 0 Å². The van der Waals surface area contributed by atoms with Gasteiger partial charge in [-0.25, -0.2) is 0 Å². The Bertz CT molecular complexity index is 282. The Labute approximate surface area is 118 Å². The van der Waals surface area contributed by atoms with Gasteiger partial charge in [0.25, 0.3) is 0 Å². The standard InChI is InChI=1S/C16H31N3/c1-13-11-16(7-8-18(13)2)19-9-5-15(6-10-19)17-12-14-3-4-14/h13-17H,3-12H2,1-2H3. The predicted octanol–water partition coefficient (Wildman–Crippen LogP) is 1.93. The molecule has 3 heteroatoms. The van der Waals surface area contributed by atoms with Crippen molar-refractivity contribution in [1.82, 2.24) is 15.1 Å². The summed E-state index contributed by atoms with van der Waals surface area (Å²) in [5.74, 6) is 1.02. The highest BCUT2D eigenvalue weighted by Crippen LogP contribution is 2.28. The summed E-state index contributed by atoms with van der Waals surface area (Å²) in [5, 5.41) is 3.79. The van der Waals surface area contributed by atoms with E-state index in [1.165, 1.54) is 64.7 Å². The molecule has 0 aromatic rings. The molecule has 0 amide bonds. The molecule has 0 bridgehead atoms. The van der Waals surface area contributed by atoms with Gasteiger partial charge in [0.1, 0.15) is 0 Å². The minimum Gasteiger partial charge on any atom is -0.314 e. The first-order valence-corrected chi connectivity index (χ1v) is 8.40. The number of nitrogens with one attached hydrogen (secondary N) is 1. The molecule has 3 aliphatic rings. The third-order valence-electron chi connectivity index (χ3n) is 5.62. The molecule has 2 heterocycles. The van der Waals surface area contributed by atoms with Gasteiger partial charge in [0.15, 0.2) is 0 Å². The van der Waals surface area contributed by atoms with E-state index in [4.69, 9.17) is 0 Å². The second-order valence-electron chi connectivity index (χ2n) is 7.17. The molecule has 1 saturated carbocycles. The van der Waals surface area contributed by atoms with Gasteiger partial charge in [0, 0.05) is 18.1 Å². The van der Waals surface area contributed by atoms with Gasteiger partial charge in [0.2, 0.25) is 0 Å². The summed E-state index contributed by atoms with van der Waals surface area (Å²) in [4.78, 5) is 5.29. The fraction of sp³-hybridized carbons (Fsp3) is 1.00. The van der Waals surface area contributed by atoms with Crippen LogP contribution in [-0.2, 0) is 0 Å². The fourth-order valence-corrected chi connectivity index (χ4v) is 3.72. The average Bonchev–Trinajstić information content (AvgIpc) is 3.24. The maximum atomic E-state index is 3.79. The van der Waals surface area contributed by atoms with Crippen LogP contribution in [-0.4, -0.2) is 61.2 Å². The minimum absolute atomic E-state index is 0.768. The summed E-state index contributed by atoms with van der Waals surface area (Å²) in [6, 6.07) is 2.43. The van der Waals surface area contributed by atoms with E-state index in [1.54, 1.807) is 0 Å². The molecule has 0 aromatic heterocycles. The normalized spacial score (nSPS) is 35.7. The van der Waals surface area contributed by atoms with Crippen LogP contribution in [0.5, 0.6) is 0 Å². The molecule has 2 unspecified atom stereocenters. The van der Waals surface area contributed by atoms with E-state index in [9.17, 15) is 0 Å². The van der Waals surface area contributed by atoms with Crippen molar-refractivity contribution in [3.05, 3.63) is 0 Å². The molecular formula is C16H31N3. The molecule has 1 N–H and O–H groups in total. The fourth-order valence-electron chi connectivity index (χ4n) is 3.72. The third-order valence-corrected chi connectivity index (χ3v) is 5.62. The van der Waals surface area contributed by atoms with Crippen molar-refractivity contribution in [2.75, 3.05) is 33.2 Å². The zero-order valence-corrected chi connectivity index (χ0v) is 12.8. The number of hydrogen-bond donors (Lipinski definition) is 1. The van der Waals surface area contributed by atoms with Gasteiger partial charge in [0.05, 0.1) is 0 Å². The quantitative estimate of drug-likeness (QED) is 0.838. The zero-order valence-electron chi connectivity index (χ0n) is 12.8. The maximum absolute atomic E-state index is 3.79. The summed E-state index contributed by atoms with van der Waals surface area (Å²) < 4.78 is 0. The smallest absolute Gasteiger partial charge is 0.0122 e. The lowest BCUT2D eigenvalue weighted by Gasteiger charge is -2.43. The number of piperidine rings is 2. The van der Waals surface area contributed by atoms with E-state index in [-0.39, 0.29) is 0 Å². The van der Waals surface area contributed by atoms with E-state index in [1.807, 2.05) is 0 Å². The first kappa shape index (κ1) is 13.8. The van der Waals surface area contributed by atoms with E-state index in [0.29, 0.717) is 0 Å². The van der Waals surface area contributed by atoms with Crippen LogP contribution in [0.4, 0.5) is 0 Å². The summed E-state index contributed by atoms with van der Waals surface area (Å²) in [7, 11) is 2.27. The maximum Gasteiger partial charge on any atom is 0.0122 e. The van der Waals surface area contributed by atoms with Gasteiger partial charge < -0.3 is 15.1 Å². The van der Waals surface area contributed by atoms with E-state index in [2.05, 4.69) is 29.1 Å². The Balaban J connectivity index is 1.39. The predicted molar refractivity (Wildman–Crippen MR) is 80.4 cm³/mol. The van der Waals surface area contributed by atoms with Gasteiger partial charge >= 0.3 is 0 Å². The van der Waals surface area contributed by atoms with Crippen molar-refractivity contribution >= 4 is 0 Å². The second-order valence-corrected chi connectivity index (χ2v) is 7.17. The van der Waals surface area contributed by atoms with Crippen LogP contribution >= 0.6 is 0 Å². The molecule has 2 aliphatic heterocycles. The first-order valence-electron chi connectivity index (χ1n) is 8.40. The van der Waals surface area contributed by atoms with Crippen molar-refractivity contribution in [2.45, 2.75) is 63.6 Å². The topological polar surface area (TPSA) is 18.5 Å². The largest absolute Gasteiger partial charge is 0.314 e.